The molecule has 0 radical (unpaired) electrons. The maximum Gasteiger partial charge on any atom is 0.250 e. The van der Waals surface area contributed by atoms with Crippen LogP contribution in [-0.2, 0) is 5.67 Å². The summed E-state index contributed by atoms with van der Waals surface area (Å²) >= 11 is 0. The van der Waals surface area contributed by atoms with E-state index in [1.165, 1.54) is 6.07 Å². The summed E-state index contributed by atoms with van der Waals surface area (Å²) in [5.74, 6) is -1.26. The summed E-state index contributed by atoms with van der Waals surface area (Å²) in [4.78, 5) is 11.5. The third-order valence-corrected chi connectivity index (χ3v) is 4.87. The molecule has 2 aromatic carbocycles. The first-order valence-electron chi connectivity index (χ1n) is 8.47. The molecule has 7 heteroatoms. The fraction of sp³-hybridized carbons (Fsp3) is 0.263. The minimum Gasteiger partial charge on any atom is -0.366 e. The minimum atomic E-state index is -1.41. The Bertz CT molecular complexity index is 975. The first-order valence-corrected chi connectivity index (χ1v) is 8.47. The van der Waals surface area contributed by atoms with Gasteiger partial charge in [-0.1, -0.05) is 18.2 Å². The highest BCUT2D eigenvalue weighted by atomic mass is 19.1. The molecular weight excluding hydrogens is 338 g/mol. The Labute approximate surface area is 148 Å². The maximum atomic E-state index is 15.0. The molecule has 3 aromatic rings. The van der Waals surface area contributed by atoms with Crippen LogP contribution in [0, 0.1) is 5.95 Å². The molecule has 1 amide bonds. The van der Waals surface area contributed by atoms with Crippen molar-refractivity contribution in [3.63, 3.8) is 0 Å². The number of rotatable bonds is 3. The molecular formula is C19H18F2N4O. The zero-order valence-electron chi connectivity index (χ0n) is 14.0. The third kappa shape index (κ3) is 2.64. The average Bonchev–Trinajstić information content (AvgIpc) is 2.99. The fourth-order valence-corrected chi connectivity index (χ4v) is 3.46. The van der Waals surface area contributed by atoms with Gasteiger partial charge in [0.1, 0.15) is 11.2 Å². The second-order valence-corrected chi connectivity index (χ2v) is 6.56. The van der Waals surface area contributed by atoms with Crippen molar-refractivity contribution in [2.75, 3.05) is 13.1 Å². The predicted molar refractivity (Wildman–Crippen MR) is 94.4 cm³/mol. The summed E-state index contributed by atoms with van der Waals surface area (Å²) in [5, 5.41) is 7.48. The molecule has 1 saturated heterocycles. The number of halogens is 2. The van der Waals surface area contributed by atoms with Gasteiger partial charge >= 0.3 is 0 Å². The minimum absolute atomic E-state index is 0.160. The second kappa shape index (κ2) is 6.17. The largest absolute Gasteiger partial charge is 0.366 e. The standard InChI is InChI=1S/C19H18F2N4O/c20-17-14-3-1-4-15(18(22)26)16(14)24-25(17)13-7-5-12(6-8-13)19(21)9-2-10-23-11-19/h1,3-8,23H,2,9-11H2,(H2,22,26)/t19-/m1/s1. The Hall–Kier alpha value is -2.80. The van der Waals surface area contributed by atoms with Gasteiger partial charge in [0.2, 0.25) is 5.95 Å². The highest BCUT2D eigenvalue weighted by Crippen LogP contribution is 2.33. The molecule has 0 spiro atoms. The third-order valence-electron chi connectivity index (χ3n) is 4.87. The number of fused-ring (bicyclic) bond motifs is 1. The van der Waals surface area contributed by atoms with Crippen molar-refractivity contribution in [3.05, 3.63) is 59.5 Å². The smallest absolute Gasteiger partial charge is 0.250 e. The van der Waals surface area contributed by atoms with E-state index in [9.17, 15) is 9.18 Å². The summed E-state index contributed by atoms with van der Waals surface area (Å²) in [5.41, 5.74) is 5.30. The number of hydrogen-bond acceptors (Lipinski definition) is 3. The zero-order valence-corrected chi connectivity index (χ0v) is 14.0. The van der Waals surface area contributed by atoms with Crippen molar-refractivity contribution < 1.29 is 13.6 Å². The molecule has 1 fully saturated rings. The normalized spacial score (nSPS) is 20.4. The summed E-state index contributed by atoms with van der Waals surface area (Å²) in [7, 11) is 0. The molecule has 0 bridgehead atoms. The number of aromatic nitrogens is 2. The van der Waals surface area contributed by atoms with Crippen molar-refractivity contribution in [2.45, 2.75) is 18.5 Å². The molecule has 5 nitrogen and oxygen atoms in total. The Morgan fingerprint density at radius 2 is 2.00 bits per heavy atom. The van der Waals surface area contributed by atoms with Gasteiger partial charge in [-0.15, -0.1) is 0 Å². The monoisotopic (exact) mass is 356 g/mol. The van der Waals surface area contributed by atoms with E-state index in [1.54, 1.807) is 36.4 Å². The molecule has 1 aromatic heterocycles. The van der Waals surface area contributed by atoms with Gasteiger partial charge in [0.05, 0.1) is 16.6 Å². The number of nitrogens with one attached hydrogen (secondary N) is 1. The lowest BCUT2D eigenvalue weighted by atomic mass is 9.88. The highest BCUT2D eigenvalue weighted by Gasteiger charge is 2.33. The van der Waals surface area contributed by atoms with Crippen LogP contribution in [0.3, 0.4) is 0 Å². The van der Waals surface area contributed by atoms with Crippen LogP contribution in [0.15, 0.2) is 42.5 Å². The van der Waals surface area contributed by atoms with Gasteiger partial charge in [0, 0.05) is 6.54 Å². The molecule has 1 aliphatic heterocycles. The predicted octanol–water partition coefficient (Wildman–Crippen LogP) is 2.81. The van der Waals surface area contributed by atoms with E-state index < -0.39 is 17.5 Å². The van der Waals surface area contributed by atoms with Crippen LogP contribution in [0.25, 0.3) is 16.6 Å². The van der Waals surface area contributed by atoms with Crippen molar-refractivity contribution in [1.82, 2.24) is 15.1 Å². The topological polar surface area (TPSA) is 72.9 Å². The van der Waals surface area contributed by atoms with E-state index in [0.717, 1.165) is 17.6 Å². The number of carbonyl (C=O) groups excluding carboxylic acids is 1. The first kappa shape index (κ1) is 16.7. The summed E-state index contributed by atoms with van der Waals surface area (Å²) < 4.78 is 30.9. The SMILES string of the molecule is NC(=O)c1cccc2c(F)n(-c3ccc([C@@]4(F)CCCNC4)cc3)nc12. The Kier molecular flexibility index (Phi) is 3.96. The number of primary amides is 1. The molecule has 26 heavy (non-hydrogen) atoms. The molecule has 4 rings (SSSR count). The number of amides is 1. The molecule has 134 valence electrons. The van der Waals surface area contributed by atoms with Crippen molar-refractivity contribution in [3.8, 4) is 5.69 Å². The molecule has 1 aliphatic rings. The van der Waals surface area contributed by atoms with Gasteiger partial charge in [-0.2, -0.15) is 9.49 Å². The van der Waals surface area contributed by atoms with Gasteiger partial charge in [0.15, 0.2) is 0 Å². The summed E-state index contributed by atoms with van der Waals surface area (Å²) in [6.07, 6.45) is 1.23. The van der Waals surface area contributed by atoms with E-state index in [1.807, 2.05) is 0 Å². The lowest BCUT2D eigenvalue weighted by Crippen LogP contribution is -2.40. The lowest BCUT2D eigenvalue weighted by molar-refractivity contribution is 0.100. The number of nitrogens with two attached hydrogens (primary N) is 1. The number of nitrogens with zero attached hydrogens (tertiary/aromatic N) is 2. The summed E-state index contributed by atoms with van der Waals surface area (Å²) in [6.45, 7) is 1.09. The second-order valence-electron chi connectivity index (χ2n) is 6.56. The Balaban J connectivity index is 1.75. The molecule has 1 atom stereocenters. The Morgan fingerprint density at radius 1 is 1.23 bits per heavy atom. The zero-order chi connectivity index (χ0) is 18.3. The molecule has 0 unspecified atom stereocenters. The van der Waals surface area contributed by atoms with E-state index in [2.05, 4.69) is 10.4 Å². The highest BCUT2D eigenvalue weighted by molar-refractivity contribution is 6.04. The molecule has 0 aliphatic carbocycles. The molecule has 3 N–H and O–H groups in total. The number of piperidine rings is 1. The van der Waals surface area contributed by atoms with E-state index in [-0.39, 0.29) is 23.0 Å². The number of alkyl halides is 1. The van der Waals surface area contributed by atoms with E-state index >= 15 is 4.39 Å². The van der Waals surface area contributed by atoms with E-state index in [0.29, 0.717) is 17.7 Å². The quantitative estimate of drug-likeness (QED) is 0.758. The fourth-order valence-electron chi connectivity index (χ4n) is 3.46. The first-order chi connectivity index (χ1) is 12.5. The van der Waals surface area contributed by atoms with Gasteiger partial charge in [0.25, 0.3) is 5.91 Å². The lowest BCUT2D eigenvalue weighted by Gasteiger charge is -2.30. The van der Waals surface area contributed by atoms with Crippen LogP contribution < -0.4 is 11.1 Å². The van der Waals surface area contributed by atoms with Crippen LogP contribution in [0.5, 0.6) is 0 Å². The van der Waals surface area contributed by atoms with Gasteiger partial charge in [-0.05, 0) is 49.2 Å². The van der Waals surface area contributed by atoms with Crippen LogP contribution >= 0.6 is 0 Å². The Morgan fingerprint density at radius 3 is 2.65 bits per heavy atom. The van der Waals surface area contributed by atoms with Gasteiger partial charge in [-0.25, -0.2) is 9.07 Å². The van der Waals surface area contributed by atoms with E-state index in [4.69, 9.17) is 5.73 Å². The average molecular weight is 356 g/mol. The van der Waals surface area contributed by atoms with Crippen molar-refractivity contribution >= 4 is 16.8 Å². The van der Waals surface area contributed by atoms with Crippen LogP contribution in [0.2, 0.25) is 0 Å². The number of carbonyl (C=O) groups is 1. The number of hydrogen-bond donors (Lipinski definition) is 2. The van der Waals surface area contributed by atoms with Crippen molar-refractivity contribution in [2.24, 2.45) is 5.73 Å². The molecule has 2 heterocycles. The van der Waals surface area contributed by atoms with Crippen LogP contribution in [0.1, 0.15) is 28.8 Å². The number of benzene rings is 2. The summed E-state index contributed by atoms with van der Waals surface area (Å²) in [6, 6.07) is 11.2. The van der Waals surface area contributed by atoms with Gasteiger partial charge < -0.3 is 11.1 Å². The van der Waals surface area contributed by atoms with Crippen molar-refractivity contribution in [1.29, 1.82) is 0 Å². The van der Waals surface area contributed by atoms with Crippen LogP contribution in [0.4, 0.5) is 8.78 Å². The molecule has 0 saturated carbocycles. The van der Waals surface area contributed by atoms with Crippen LogP contribution in [-0.4, -0.2) is 28.8 Å². The maximum absolute atomic E-state index is 15.0. The van der Waals surface area contributed by atoms with Gasteiger partial charge in [-0.3, -0.25) is 4.79 Å².